The number of nitrogens with one attached hydrogen (secondary N) is 1. The van der Waals surface area contributed by atoms with Crippen molar-refractivity contribution in [3.05, 3.63) is 24.3 Å². The fourth-order valence-electron chi connectivity index (χ4n) is 2.45. The van der Waals surface area contributed by atoms with Crippen molar-refractivity contribution in [2.24, 2.45) is 0 Å². The predicted molar refractivity (Wildman–Crippen MR) is 77.4 cm³/mol. The van der Waals surface area contributed by atoms with Gasteiger partial charge in [0.05, 0.1) is 5.60 Å². The average molecular weight is 248 g/mol. The standard InChI is InChI=1S/C15H24N2O/c1-15(2)11-13(9-10-18-15)16-12-5-7-14(8-6-12)17(3)4/h5-8,13,16H,9-11H2,1-4H3. The average Bonchev–Trinajstić information content (AvgIpc) is 2.28. The summed E-state index contributed by atoms with van der Waals surface area (Å²) in [5, 5.41) is 3.60. The van der Waals surface area contributed by atoms with Crippen molar-refractivity contribution >= 4 is 11.4 Å². The van der Waals surface area contributed by atoms with E-state index in [4.69, 9.17) is 4.74 Å². The van der Waals surface area contributed by atoms with E-state index >= 15 is 0 Å². The molecule has 0 aliphatic carbocycles. The topological polar surface area (TPSA) is 24.5 Å². The van der Waals surface area contributed by atoms with E-state index in [0.717, 1.165) is 19.4 Å². The van der Waals surface area contributed by atoms with Crippen LogP contribution in [0.5, 0.6) is 0 Å². The number of hydrogen-bond donors (Lipinski definition) is 1. The first-order chi connectivity index (χ1) is 8.46. The van der Waals surface area contributed by atoms with Crippen molar-refractivity contribution in [2.45, 2.75) is 38.3 Å². The molecule has 3 heteroatoms. The lowest BCUT2D eigenvalue weighted by molar-refractivity contribution is -0.0553. The molecule has 1 saturated heterocycles. The van der Waals surface area contributed by atoms with Crippen LogP contribution in [0.4, 0.5) is 11.4 Å². The maximum absolute atomic E-state index is 5.74. The second-order valence-corrected chi connectivity index (χ2v) is 5.88. The third kappa shape index (κ3) is 3.39. The normalized spacial score (nSPS) is 22.6. The lowest BCUT2D eigenvalue weighted by Gasteiger charge is -2.36. The summed E-state index contributed by atoms with van der Waals surface area (Å²) in [5.74, 6) is 0. The van der Waals surface area contributed by atoms with Crippen LogP contribution in [0.15, 0.2) is 24.3 Å². The van der Waals surface area contributed by atoms with Crippen molar-refractivity contribution in [2.75, 3.05) is 30.9 Å². The minimum atomic E-state index is -0.000502. The van der Waals surface area contributed by atoms with E-state index in [0.29, 0.717) is 6.04 Å². The lowest BCUT2D eigenvalue weighted by Crippen LogP contribution is -2.40. The van der Waals surface area contributed by atoms with E-state index in [2.05, 4.69) is 62.4 Å². The van der Waals surface area contributed by atoms with Gasteiger partial charge in [-0.05, 0) is 51.0 Å². The van der Waals surface area contributed by atoms with Gasteiger partial charge in [-0.15, -0.1) is 0 Å². The molecular weight excluding hydrogens is 224 g/mol. The molecule has 1 fully saturated rings. The molecule has 0 saturated carbocycles. The van der Waals surface area contributed by atoms with Gasteiger partial charge >= 0.3 is 0 Å². The summed E-state index contributed by atoms with van der Waals surface area (Å²) < 4.78 is 5.74. The molecule has 1 unspecified atom stereocenters. The quantitative estimate of drug-likeness (QED) is 0.889. The third-order valence-electron chi connectivity index (χ3n) is 3.45. The van der Waals surface area contributed by atoms with Crippen LogP contribution in [0.1, 0.15) is 26.7 Å². The number of hydrogen-bond acceptors (Lipinski definition) is 3. The summed E-state index contributed by atoms with van der Waals surface area (Å²) in [7, 11) is 4.12. The van der Waals surface area contributed by atoms with Gasteiger partial charge in [0, 0.05) is 38.1 Å². The molecule has 2 rings (SSSR count). The molecule has 1 aliphatic rings. The Morgan fingerprint density at radius 2 is 1.89 bits per heavy atom. The van der Waals surface area contributed by atoms with Gasteiger partial charge in [0.2, 0.25) is 0 Å². The number of nitrogens with zero attached hydrogens (tertiary/aromatic N) is 1. The molecule has 1 N–H and O–H groups in total. The fourth-order valence-corrected chi connectivity index (χ4v) is 2.45. The Labute approximate surface area is 110 Å². The second kappa shape index (κ2) is 5.19. The molecular formula is C15H24N2O. The van der Waals surface area contributed by atoms with Crippen LogP contribution in [0, 0.1) is 0 Å². The highest BCUT2D eigenvalue weighted by Gasteiger charge is 2.28. The first kappa shape index (κ1) is 13.2. The van der Waals surface area contributed by atoms with Crippen molar-refractivity contribution in [3.63, 3.8) is 0 Å². The molecule has 0 aromatic heterocycles. The van der Waals surface area contributed by atoms with Crippen molar-refractivity contribution in [3.8, 4) is 0 Å². The molecule has 1 aromatic carbocycles. The molecule has 1 aliphatic heterocycles. The molecule has 1 heterocycles. The highest BCUT2D eigenvalue weighted by molar-refractivity contribution is 5.54. The van der Waals surface area contributed by atoms with Crippen LogP contribution in [-0.4, -0.2) is 32.3 Å². The van der Waals surface area contributed by atoms with E-state index < -0.39 is 0 Å². The molecule has 0 radical (unpaired) electrons. The summed E-state index contributed by atoms with van der Waals surface area (Å²) in [6, 6.07) is 9.11. The molecule has 0 spiro atoms. The van der Waals surface area contributed by atoms with Crippen LogP contribution in [0.25, 0.3) is 0 Å². The van der Waals surface area contributed by atoms with Gasteiger partial charge in [0.25, 0.3) is 0 Å². The zero-order valence-electron chi connectivity index (χ0n) is 11.9. The Morgan fingerprint density at radius 3 is 2.44 bits per heavy atom. The number of anilines is 2. The van der Waals surface area contributed by atoms with Crippen LogP contribution in [0.3, 0.4) is 0 Å². The van der Waals surface area contributed by atoms with E-state index in [-0.39, 0.29) is 5.60 Å². The first-order valence-electron chi connectivity index (χ1n) is 6.64. The molecule has 1 atom stereocenters. The maximum Gasteiger partial charge on any atom is 0.0646 e. The molecule has 0 bridgehead atoms. The zero-order chi connectivity index (χ0) is 13.2. The molecule has 100 valence electrons. The van der Waals surface area contributed by atoms with Gasteiger partial charge < -0.3 is 15.0 Å². The summed E-state index contributed by atoms with van der Waals surface area (Å²) >= 11 is 0. The summed E-state index contributed by atoms with van der Waals surface area (Å²) in [6.07, 6.45) is 2.14. The molecule has 3 nitrogen and oxygen atoms in total. The summed E-state index contributed by atoms with van der Waals surface area (Å²) in [6.45, 7) is 5.17. The van der Waals surface area contributed by atoms with Crippen molar-refractivity contribution in [1.82, 2.24) is 0 Å². The fraction of sp³-hybridized carbons (Fsp3) is 0.600. The Bertz CT molecular complexity index is 384. The highest BCUT2D eigenvalue weighted by Crippen LogP contribution is 2.26. The molecule has 1 aromatic rings. The van der Waals surface area contributed by atoms with Gasteiger partial charge in [0.15, 0.2) is 0 Å². The number of ether oxygens (including phenoxy) is 1. The Balaban J connectivity index is 1.97. The second-order valence-electron chi connectivity index (χ2n) is 5.88. The van der Waals surface area contributed by atoms with Crippen molar-refractivity contribution in [1.29, 1.82) is 0 Å². The maximum atomic E-state index is 5.74. The Kier molecular flexibility index (Phi) is 3.81. The van der Waals surface area contributed by atoms with Gasteiger partial charge in [-0.25, -0.2) is 0 Å². The summed E-state index contributed by atoms with van der Waals surface area (Å²) in [5.41, 5.74) is 2.43. The molecule has 0 amide bonds. The van der Waals surface area contributed by atoms with Crippen LogP contribution < -0.4 is 10.2 Å². The third-order valence-corrected chi connectivity index (χ3v) is 3.45. The van der Waals surface area contributed by atoms with E-state index in [9.17, 15) is 0 Å². The van der Waals surface area contributed by atoms with E-state index in [1.165, 1.54) is 11.4 Å². The SMILES string of the molecule is CN(C)c1ccc(NC2CCOC(C)(C)C2)cc1. The summed E-state index contributed by atoms with van der Waals surface area (Å²) in [4.78, 5) is 2.11. The zero-order valence-corrected chi connectivity index (χ0v) is 11.9. The van der Waals surface area contributed by atoms with Crippen molar-refractivity contribution < 1.29 is 4.74 Å². The van der Waals surface area contributed by atoms with Crippen LogP contribution in [0.2, 0.25) is 0 Å². The monoisotopic (exact) mass is 248 g/mol. The minimum Gasteiger partial charge on any atom is -0.382 e. The Morgan fingerprint density at radius 1 is 1.22 bits per heavy atom. The Hall–Kier alpha value is -1.22. The lowest BCUT2D eigenvalue weighted by atomic mass is 9.94. The number of rotatable bonds is 3. The van der Waals surface area contributed by atoms with Gasteiger partial charge in [0.1, 0.15) is 0 Å². The minimum absolute atomic E-state index is 0.000502. The van der Waals surface area contributed by atoms with Gasteiger partial charge in [-0.1, -0.05) is 0 Å². The smallest absolute Gasteiger partial charge is 0.0646 e. The number of benzene rings is 1. The predicted octanol–water partition coefficient (Wildman–Crippen LogP) is 3.12. The van der Waals surface area contributed by atoms with Crippen LogP contribution in [-0.2, 0) is 4.74 Å². The first-order valence-corrected chi connectivity index (χ1v) is 6.64. The van der Waals surface area contributed by atoms with Gasteiger partial charge in [-0.3, -0.25) is 0 Å². The molecule has 18 heavy (non-hydrogen) atoms. The van der Waals surface area contributed by atoms with E-state index in [1.54, 1.807) is 0 Å². The largest absolute Gasteiger partial charge is 0.382 e. The highest BCUT2D eigenvalue weighted by atomic mass is 16.5. The van der Waals surface area contributed by atoms with Gasteiger partial charge in [-0.2, -0.15) is 0 Å². The van der Waals surface area contributed by atoms with E-state index in [1.807, 2.05) is 0 Å². The van der Waals surface area contributed by atoms with Crippen LogP contribution >= 0.6 is 0 Å².